The van der Waals surface area contributed by atoms with Gasteiger partial charge in [-0.3, -0.25) is 4.90 Å². The number of hydrogen-bond acceptors (Lipinski definition) is 3. The third kappa shape index (κ3) is 5.07. The van der Waals surface area contributed by atoms with Crippen LogP contribution in [0, 0.1) is 0 Å². The Labute approximate surface area is 164 Å². The molecule has 0 radical (unpaired) electrons. The molecule has 0 saturated carbocycles. The molecule has 1 aromatic rings. The summed E-state index contributed by atoms with van der Waals surface area (Å²) in [6.45, 7) is 4.84. The van der Waals surface area contributed by atoms with Gasteiger partial charge in [-0.1, -0.05) is 68.7 Å². The van der Waals surface area contributed by atoms with Crippen LogP contribution in [0.4, 0.5) is 5.69 Å². The van der Waals surface area contributed by atoms with Gasteiger partial charge in [0.2, 0.25) is 0 Å². The summed E-state index contributed by atoms with van der Waals surface area (Å²) < 4.78 is 1.25. The molecule has 0 saturated heterocycles. The van der Waals surface area contributed by atoms with Crippen LogP contribution in [0.2, 0.25) is 0 Å². The van der Waals surface area contributed by atoms with Crippen LogP contribution >= 0.6 is 74.5 Å². The number of anilines is 1. The monoisotopic (exact) mass is 406 g/mol. The van der Waals surface area contributed by atoms with Crippen molar-refractivity contribution >= 4 is 93.2 Å². The number of thiol groups is 3. The van der Waals surface area contributed by atoms with Crippen molar-refractivity contribution in [1.29, 1.82) is 0 Å². The second kappa shape index (κ2) is 8.84. The second-order valence-corrected chi connectivity index (χ2v) is 8.39. The highest BCUT2D eigenvalue weighted by atomic mass is 32.1. The van der Waals surface area contributed by atoms with Gasteiger partial charge in [-0.15, -0.1) is 37.9 Å². The lowest BCUT2D eigenvalue weighted by Gasteiger charge is -2.29. The zero-order valence-electron chi connectivity index (χ0n) is 12.5. The topological polar surface area (TPSA) is 6.48 Å². The van der Waals surface area contributed by atoms with Crippen molar-refractivity contribution in [2.45, 2.75) is 26.3 Å². The van der Waals surface area contributed by atoms with E-state index in [0.29, 0.717) is 25.4 Å². The normalized spacial score (nSPS) is 10.5. The molecular weight excluding hydrogens is 389 g/mol. The molecule has 0 unspecified atom stereocenters. The number of nitrogens with zero attached hydrogens (tertiary/aromatic N) is 2. The largest absolute Gasteiger partial charge is 0.356 e. The first-order valence-corrected chi connectivity index (χ1v) is 9.05. The van der Waals surface area contributed by atoms with Gasteiger partial charge < -0.3 is 4.90 Å². The van der Waals surface area contributed by atoms with E-state index >= 15 is 0 Å². The highest BCUT2D eigenvalue weighted by Gasteiger charge is 2.22. The maximum Gasteiger partial charge on any atom is 0.143 e. The summed E-state index contributed by atoms with van der Waals surface area (Å²) in [6.07, 6.45) is 0. The zero-order chi connectivity index (χ0) is 17.0. The molecular formula is C14H18N2S6. The third-order valence-electron chi connectivity index (χ3n) is 3.11. The quantitative estimate of drug-likeness (QED) is 0.491. The molecule has 2 nitrogen and oxygen atoms in total. The minimum atomic E-state index is 0.302. The molecule has 1 rings (SSSR count). The van der Waals surface area contributed by atoms with E-state index in [0.717, 1.165) is 16.8 Å². The molecule has 0 bridgehead atoms. The van der Waals surface area contributed by atoms with Gasteiger partial charge in [0.25, 0.3) is 0 Å². The van der Waals surface area contributed by atoms with Gasteiger partial charge in [-0.2, -0.15) is 0 Å². The van der Waals surface area contributed by atoms with E-state index in [1.165, 1.54) is 0 Å². The minimum Gasteiger partial charge on any atom is -0.356 e. The molecule has 1 aromatic carbocycles. The van der Waals surface area contributed by atoms with Crippen molar-refractivity contribution < 1.29 is 0 Å². The first-order chi connectivity index (χ1) is 10.2. The van der Waals surface area contributed by atoms with Crippen LogP contribution in [0.15, 0.2) is 18.2 Å². The summed E-state index contributed by atoms with van der Waals surface area (Å²) in [7, 11) is 1.89. The Hall–Kier alpha value is 0.140. The average Bonchev–Trinajstić information content (AvgIpc) is 2.39. The SMILES string of the molecule is CC(C)c1cccc(CN(C)C(=S)S)c1N(C(=S)S)C(=S)S. The molecule has 0 aromatic heterocycles. The van der Waals surface area contributed by atoms with Gasteiger partial charge in [0.1, 0.15) is 13.0 Å². The molecule has 0 heterocycles. The first kappa shape index (κ1) is 20.2. The average molecular weight is 407 g/mol. The fourth-order valence-electron chi connectivity index (χ4n) is 2.07. The highest BCUT2D eigenvalue weighted by Crippen LogP contribution is 2.34. The number of hydrogen-bond donors (Lipinski definition) is 3. The van der Waals surface area contributed by atoms with Crippen molar-refractivity contribution in [3.63, 3.8) is 0 Å². The van der Waals surface area contributed by atoms with Crippen LogP contribution in [0.25, 0.3) is 0 Å². The molecule has 0 aliphatic heterocycles. The number of thiocarbonyl (C=S) groups is 3. The van der Waals surface area contributed by atoms with E-state index in [1.54, 1.807) is 4.90 Å². The predicted molar refractivity (Wildman–Crippen MR) is 119 cm³/mol. The Morgan fingerprint density at radius 3 is 2.00 bits per heavy atom. The smallest absolute Gasteiger partial charge is 0.143 e. The Kier molecular flexibility index (Phi) is 8.11. The number of para-hydroxylation sites is 1. The lowest BCUT2D eigenvalue weighted by atomic mass is 9.97. The predicted octanol–water partition coefficient (Wildman–Crippen LogP) is 4.69. The Morgan fingerprint density at radius 2 is 1.59 bits per heavy atom. The molecule has 0 aliphatic carbocycles. The van der Waals surface area contributed by atoms with Crippen LogP contribution in [0.5, 0.6) is 0 Å². The van der Waals surface area contributed by atoms with Crippen LogP contribution < -0.4 is 4.90 Å². The van der Waals surface area contributed by atoms with Crippen LogP contribution in [0.1, 0.15) is 30.9 Å². The van der Waals surface area contributed by atoms with E-state index in [4.69, 9.17) is 36.7 Å². The summed E-state index contributed by atoms with van der Waals surface area (Å²) in [6, 6.07) is 6.10. The molecule has 0 spiro atoms. The molecule has 0 amide bonds. The molecule has 8 heteroatoms. The lowest BCUT2D eigenvalue weighted by Crippen LogP contribution is -2.31. The minimum absolute atomic E-state index is 0.302. The van der Waals surface area contributed by atoms with E-state index in [2.05, 4.69) is 57.8 Å². The molecule has 22 heavy (non-hydrogen) atoms. The van der Waals surface area contributed by atoms with Crippen molar-refractivity contribution in [3.8, 4) is 0 Å². The van der Waals surface area contributed by atoms with Crippen LogP contribution in [-0.4, -0.2) is 24.9 Å². The van der Waals surface area contributed by atoms with E-state index < -0.39 is 0 Å². The van der Waals surface area contributed by atoms with Crippen molar-refractivity contribution in [1.82, 2.24) is 4.90 Å². The van der Waals surface area contributed by atoms with Gasteiger partial charge in [0, 0.05) is 13.6 Å². The Bertz CT molecular complexity index is 585. The van der Waals surface area contributed by atoms with Gasteiger partial charge in [0.15, 0.2) is 0 Å². The zero-order valence-corrected chi connectivity index (χ0v) is 17.6. The maximum atomic E-state index is 5.25. The van der Waals surface area contributed by atoms with Gasteiger partial charge in [-0.25, -0.2) is 0 Å². The molecule has 0 atom stereocenters. The maximum absolute atomic E-state index is 5.25. The first-order valence-electron chi connectivity index (χ1n) is 6.48. The summed E-state index contributed by atoms with van der Waals surface area (Å²) in [5.74, 6) is 0.302. The fraction of sp³-hybridized carbons (Fsp3) is 0.357. The summed E-state index contributed by atoms with van der Waals surface area (Å²) in [4.78, 5) is 3.58. The van der Waals surface area contributed by atoms with Crippen LogP contribution in [0.3, 0.4) is 0 Å². The summed E-state index contributed by atoms with van der Waals surface area (Å²) in [5, 5.41) is 0. The van der Waals surface area contributed by atoms with Crippen molar-refractivity contribution in [3.05, 3.63) is 29.3 Å². The molecule has 0 fully saturated rings. The van der Waals surface area contributed by atoms with Crippen molar-refractivity contribution in [2.75, 3.05) is 11.9 Å². The third-order valence-corrected chi connectivity index (χ3v) is 4.53. The van der Waals surface area contributed by atoms with Crippen molar-refractivity contribution in [2.24, 2.45) is 0 Å². The van der Waals surface area contributed by atoms with E-state index in [-0.39, 0.29) is 0 Å². The number of rotatable bonds is 4. The Balaban J connectivity index is 3.51. The van der Waals surface area contributed by atoms with E-state index in [1.807, 2.05) is 24.1 Å². The number of benzene rings is 1. The summed E-state index contributed by atoms with van der Waals surface area (Å²) in [5.41, 5.74) is 3.09. The standard InChI is InChI=1S/C14H18N2S6/c1-8(2)10-6-4-5-9(7-15(3)12(17)18)11(10)16(13(19)20)14(21)22/h4-6,8H,7H2,1-3H3,(H,17,18)(H,19,20)(H,21,22). The highest BCUT2D eigenvalue weighted by molar-refractivity contribution is 8.14. The second-order valence-electron chi connectivity index (χ2n) is 5.05. The fourth-order valence-corrected chi connectivity index (χ4v) is 3.25. The molecule has 0 N–H and O–H groups in total. The Morgan fingerprint density at radius 1 is 1.05 bits per heavy atom. The van der Waals surface area contributed by atoms with Gasteiger partial charge >= 0.3 is 0 Å². The lowest BCUT2D eigenvalue weighted by molar-refractivity contribution is 0.519. The van der Waals surface area contributed by atoms with Crippen LogP contribution in [-0.2, 0) is 6.54 Å². The molecule has 120 valence electrons. The van der Waals surface area contributed by atoms with Gasteiger partial charge in [-0.05, 0) is 17.0 Å². The van der Waals surface area contributed by atoms with E-state index in [9.17, 15) is 0 Å². The summed E-state index contributed by atoms with van der Waals surface area (Å²) >= 11 is 28.4. The molecule has 0 aliphatic rings. The van der Waals surface area contributed by atoms with Gasteiger partial charge in [0.05, 0.1) is 5.69 Å².